The van der Waals surface area contributed by atoms with E-state index in [1.54, 1.807) is 12.1 Å². The molecule has 2 N–H and O–H groups in total. The molecule has 0 saturated carbocycles. The second kappa shape index (κ2) is 5.03. The van der Waals surface area contributed by atoms with Crippen molar-refractivity contribution in [3.05, 3.63) is 27.8 Å². The standard InChI is InChI=1S/C8H8INO3/c9-6-2-1-3-7(4-6)13-5-8(11)10-12/h1-4,12H,5H2,(H,10,11). The maximum absolute atomic E-state index is 10.6. The van der Waals surface area contributed by atoms with Crippen LogP contribution in [0.25, 0.3) is 0 Å². The summed E-state index contributed by atoms with van der Waals surface area (Å²) in [5.74, 6) is 0.0364. The molecule has 1 rings (SSSR count). The van der Waals surface area contributed by atoms with Gasteiger partial charge in [-0.1, -0.05) is 6.07 Å². The van der Waals surface area contributed by atoms with Crippen molar-refractivity contribution >= 4 is 28.5 Å². The van der Waals surface area contributed by atoms with Gasteiger partial charge in [0.15, 0.2) is 6.61 Å². The van der Waals surface area contributed by atoms with E-state index in [4.69, 9.17) is 9.94 Å². The Hall–Kier alpha value is -0.820. The average molecular weight is 293 g/mol. The fourth-order valence-corrected chi connectivity index (χ4v) is 1.25. The molecule has 0 aliphatic carbocycles. The third-order valence-electron chi connectivity index (χ3n) is 1.29. The van der Waals surface area contributed by atoms with E-state index in [-0.39, 0.29) is 6.61 Å². The van der Waals surface area contributed by atoms with Crippen LogP contribution in [0.3, 0.4) is 0 Å². The lowest BCUT2D eigenvalue weighted by Gasteiger charge is -2.04. The minimum atomic E-state index is -0.570. The Morgan fingerprint density at radius 1 is 1.62 bits per heavy atom. The fraction of sp³-hybridized carbons (Fsp3) is 0.125. The molecule has 1 amide bonds. The number of amides is 1. The summed E-state index contributed by atoms with van der Waals surface area (Å²) in [7, 11) is 0. The number of benzene rings is 1. The number of carbonyl (C=O) groups is 1. The van der Waals surface area contributed by atoms with Crippen LogP contribution in [0.1, 0.15) is 0 Å². The third-order valence-corrected chi connectivity index (χ3v) is 1.96. The Bertz CT molecular complexity index is 303. The van der Waals surface area contributed by atoms with Gasteiger partial charge in [0.25, 0.3) is 5.91 Å². The summed E-state index contributed by atoms with van der Waals surface area (Å²) in [6.07, 6.45) is 0. The topological polar surface area (TPSA) is 58.6 Å². The summed E-state index contributed by atoms with van der Waals surface area (Å²) in [5, 5.41) is 8.19. The molecule has 0 fully saturated rings. The highest BCUT2D eigenvalue weighted by molar-refractivity contribution is 14.1. The van der Waals surface area contributed by atoms with Crippen LogP contribution >= 0.6 is 22.6 Å². The molecule has 1 aromatic carbocycles. The van der Waals surface area contributed by atoms with Gasteiger partial charge in [-0.3, -0.25) is 10.0 Å². The molecule has 0 heterocycles. The lowest BCUT2D eigenvalue weighted by molar-refractivity contribution is -0.131. The Morgan fingerprint density at radius 3 is 3.00 bits per heavy atom. The largest absolute Gasteiger partial charge is 0.484 e. The lowest BCUT2D eigenvalue weighted by Crippen LogP contribution is -2.25. The third kappa shape index (κ3) is 3.60. The smallest absolute Gasteiger partial charge is 0.281 e. The first-order valence-corrected chi connectivity index (χ1v) is 4.61. The summed E-state index contributed by atoms with van der Waals surface area (Å²) in [6, 6.07) is 7.28. The maximum Gasteiger partial charge on any atom is 0.281 e. The van der Waals surface area contributed by atoms with Gasteiger partial charge < -0.3 is 4.74 Å². The molecule has 0 aliphatic rings. The van der Waals surface area contributed by atoms with Crippen LogP contribution in [-0.4, -0.2) is 17.7 Å². The summed E-state index contributed by atoms with van der Waals surface area (Å²) in [5.41, 5.74) is 1.48. The maximum atomic E-state index is 10.6. The molecular formula is C8H8INO3. The molecule has 0 bridgehead atoms. The number of hydroxylamine groups is 1. The van der Waals surface area contributed by atoms with Gasteiger partial charge in [0.05, 0.1) is 0 Å². The van der Waals surface area contributed by atoms with Gasteiger partial charge in [0.1, 0.15) is 5.75 Å². The first kappa shape index (κ1) is 10.3. The monoisotopic (exact) mass is 293 g/mol. The molecule has 0 unspecified atom stereocenters. The van der Waals surface area contributed by atoms with Crippen LogP contribution in [0.5, 0.6) is 5.75 Å². The zero-order chi connectivity index (χ0) is 9.68. The Morgan fingerprint density at radius 2 is 2.38 bits per heavy atom. The Balaban J connectivity index is 2.50. The van der Waals surface area contributed by atoms with Gasteiger partial charge in [-0.15, -0.1) is 0 Å². The summed E-state index contributed by atoms with van der Waals surface area (Å²) < 4.78 is 6.09. The highest BCUT2D eigenvalue weighted by Gasteiger charge is 2.00. The average Bonchev–Trinajstić information content (AvgIpc) is 2.14. The van der Waals surface area contributed by atoms with Crippen molar-refractivity contribution in [1.29, 1.82) is 0 Å². The molecule has 0 atom stereocenters. The Kier molecular flexibility index (Phi) is 3.97. The van der Waals surface area contributed by atoms with Crippen LogP contribution in [0.15, 0.2) is 24.3 Å². The van der Waals surface area contributed by atoms with E-state index in [0.717, 1.165) is 3.57 Å². The van der Waals surface area contributed by atoms with Crippen molar-refractivity contribution < 1.29 is 14.7 Å². The van der Waals surface area contributed by atoms with Crippen LogP contribution < -0.4 is 10.2 Å². The van der Waals surface area contributed by atoms with Crippen molar-refractivity contribution in [2.75, 3.05) is 6.61 Å². The molecule has 1 aromatic rings. The van der Waals surface area contributed by atoms with E-state index >= 15 is 0 Å². The van der Waals surface area contributed by atoms with Crippen LogP contribution in [0.4, 0.5) is 0 Å². The highest BCUT2D eigenvalue weighted by atomic mass is 127. The normalized spacial score (nSPS) is 9.38. The van der Waals surface area contributed by atoms with Gasteiger partial charge >= 0.3 is 0 Å². The van der Waals surface area contributed by atoms with Crippen LogP contribution in [0, 0.1) is 3.57 Å². The molecule has 0 radical (unpaired) electrons. The van der Waals surface area contributed by atoms with Gasteiger partial charge in [0.2, 0.25) is 0 Å². The zero-order valence-corrected chi connectivity index (χ0v) is 8.82. The second-order valence-corrected chi connectivity index (χ2v) is 3.53. The van der Waals surface area contributed by atoms with Crippen molar-refractivity contribution in [3.8, 4) is 5.75 Å². The predicted molar refractivity (Wildman–Crippen MR) is 54.6 cm³/mol. The molecule has 0 saturated heterocycles. The quantitative estimate of drug-likeness (QED) is 0.500. The molecule has 13 heavy (non-hydrogen) atoms. The summed E-state index contributed by atoms with van der Waals surface area (Å²) >= 11 is 2.14. The molecular weight excluding hydrogens is 285 g/mol. The van der Waals surface area contributed by atoms with Crippen molar-refractivity contribution in [2.45, 2.75) is 0 Å². The minimum absolute atomic E-state index is 0.184. The summed E-state index contributed by atoms with van der Waals surface area (Å²) in [6.45, 7) is -0.184. The Labute approximate surface area is 89.0 Å². The van der Waals surface area contributed by atoms with Gasteiger partial charge in [-0.25, -0.2) is 5.48 Å². The van der Waals surface area contributed by atoms with Crippen LogP contribution in [-0.2, 0) is 4.79 Å². The number of hydrogen-bond donors (Lipinski definition) is 2. The van der Waals surface area contributed by atoms with Crippen LogP contribution in [0.2, 0.25) is 0 Å². The number of halogens is 1. The van der Waals surface area contributed by atoms with Gasteiger partial charge in [-0.2, -0.15) is 0 Å². The number of carbonyl (C=O) groups excluding carboxylic acids is 1. The van der Waals surface area contributed by atoms with Crippen molar-refractivity contribution in [2.24, 2.45) is 0 Å². The fourth-order valence-electron chi connectivity index (χ4n) is 0.738. The number of ether oxygens (including phenoxy) is 1. The number of hydrogen-bond acceptors (Lipinski definition) is 3. The van der Waals surface area contributed by atoms with Crippen molar-refractivity contribution in [1.82, 2.24) is 5.48 Å². The van der Waals surface area contributed by atoms with Gasteiger partial charge in [0, 0.05) is 3.57 Å². The molecule has 0 aromatic heterocycles. The summed E-state index contributed by atoms with van der Waals surface area (Å²) in [4.78, 5) is 10.6. The highest BCUT2D eigenvalue weighted by Crippen LogP contribution is 2.14. The molecule has 5 heteroatoms. The van der Waals surface area contributed by atoms with Crippen molar-refractivity contribution in [3.63, 3.8) is 0 Å². The lowest BCUT2D eigenvalue weighted by atomic mass is 10.3. The zero-order valence-electron chi connectivity index (χ0n) is 6.66. The first-order chi connectivity index (χ1) is 6.22. The van der Waals surface area contributed by atoms with E-state index in [2.05, 4.69) is 22.6 Å². The SMILES string of the molecule is O=C(COc1cccc(I)c1)NO. The van der Waals surface area contributed by atoms with E-state index < -0.39 is 5.91 Å². The van der Waals surface area contributed by atoms with E-state index in [1.165, 1.54) is 5.48 Å². The molecule has 0 spiro atoms. The number of rotatable bonds is 3. The van der Waals surface area contributed by atoms with E-state index in [0.29, 0.717) is 5.75 Å². The van der Waals surface area contributed by atoms with E-state index in [9.17, 15) is 4.79 Å². The second-order valence-electron chi connectivity index (χ2n) is 2.28. The first-order valence-electron chi connectivity index (χ1n) is 3.53. The molecule has 4 nitrogen and oxygen atoms in total. The number of nitrogens with one attached hydrogen (secondary N) is 1. The van der Waals surface area contributed by atoms with Gasteiger partial charge in [-0.05, 0) is 40.8 Å². The molecule has 0 aliphatic heterocycles. The minimum Gasteiger partial charge on any atom is -0.484 e. The predicted octanol–water partition coefficient (Wildman–Crippen LogP) is 1.18. The van der Waals surface area contributed by atoms with E-state index in [1.807, 2.05) is 12.1 Å². The molecule has 70 valence electrons.